The van der Waals surface area contributed by atoms with Crippen LogP contribution in [0.25, 0.3) is 0 Å². The van der Waals surface area contributed by atoms with E-state index >= 15 is 0 Å². The van der Waals surface area contributed by atoms with Crippen LogP contribution in [0.1, 0.15) is 25.3 Å². The van der Waals surface area contributed by atoms with Crippen LogP contribution in [0.2, 0.25) is 5.02 Å². The van der Waals surface area contributed by atoms with Crippen molar-refractivity contribution in [3.8, 4) is 11.5 Å². The maximum absolute atomic E-state index is 10.0. The van der Waals surface area contributed by atoms with Gasteiger partial charge < -0.3 is 14.9 Å². The van der Waals surface area contributed by atoms with Crippen LogP contribution < -0.4 is 4.74 Å². The molecule has 1 aromatic rings. The Morgan fingerprint density at radius 3 is 2.50 bits per heavy atom. The van der Waals surface area contributed by atoms with E-state index in [0.29, 0.717) is 16.3 Å². The highest BCUT2D eigenvalue weighted by Gasteiger charge is 2.50. The minimum Gasteiger partial charge on any atom is -0.504 e. The van der Waals surface area contributed by atoms with E-state index in [9.17, 15) is 10.2 Å². The number of aliphatic hydroxyl groups is 1. The van der Waals surface area contributed by atoms with Gasteiger partial charge in [-0.3, -0.25) is 0 Å². The Kier molecular flexibility index (Phi) is 2.76. The third-order valence-corrected chi connectivity index (χ3v) is 3.60. The van der Waals surface area contributed by atoms with Gasteiger partial charge in [-0.2, -0.15) is 0 Å². The van der Waals surface area contributed by atoms with Crippen molar-refractivity contribution in [3.05, 3.63) is 22.7 Å². The number of hydrogen-bond donors (Lipinski definition) is 2. The second-order valence-electron chi connectivity index (χ2n) is 4.34. The molecule has 16 heavy (non-hydrogen) atoms. The minimum atomic E-state index is -0.499. The van der Waals surface area contributed by atoms with E-state index in [2.05, 4.69) is 0 Å². The molecule has 0 aliphatic heterocycles. The number of hydrogen-bond acceptors (Lipinski definition) is 3. The summed E-state index contributed by atoms with van der Waals surface area (Å²) >= 11 is 5.97. The molecule has 0 saturated heterocycles. The van der Waals surface area contributed by atoms with Crippen LogP contribution in [-0.2, 0) is 5.41 Å². The van der Waals surface area contributed by atoms with Crippen LogP contribution >= 0.6 is 11.6 Å². The summed E-state index contributed by atoms with van der Waals surface area (Å²) in [5, 5.41) is 20.3. The number of methoxy groups -OCH3 is 1. The molecule has 1 aliphatic rings. The predicted molar refractivity (Wildman–Crippen MR) is 62.3 cm³/mol. The summed E-state index contributed by atoms with van der Waals surface area (Å²) in [7, 11) is 1.48. The van der Waals surface area contributed by atoms with Gasteiger partial charge in [-0.1, -0.05) is 11.6 Å². The SMILES string of the molecule is COc1cc(Cl)cc(C2(C(C)O)CC2)c1O. The number of aliphatic hydroxyl groups excluding tert-OH is 1. The summed E-state index contributed by atoms with van der Waals surface area (Å²) in [5.41, 5.74) is 0.342. The van der Waals surface area contributed by atoms with Gasteiger partial charge in [-0.05, 0) is 25.8 Å². The van der Waals surface area contributed by atoms with Gasteiger partial charge in [0, 0.05) is 22.1 Å². The van der Waals surface area contributed by atoms with Crippen molar-refractivity contribution in [1.29, 1.82) is 0 Å². The van der Waals surface area contributed by atoms with Gasteiger partial charge in [0.05, 0.1) is 13.2 Å². The summed E-state index contributed by atoms with van der Waals surface area (Å²) in [6.45, 7) is 1.74. The molecule has 1 aliphatic carbocycles. The van der Waals surface area contributed by atoms with E-state index in [1.165, 1.54) is 7.11 Å². The van der Waals surface area contributed by atoms with E-state index in [1.807, 2.05) is 0 Å². The quantitative estimate of drug-likeness (QED) is 0.856. The number of rotatable bonds is 3. The Bertz CT molecular complexity index is 411. The Morgan fingerprint density at radius 1 is 1.44 bits per heavy atom. The second-order valence-corrected chi connectivity index (χ2v) is 4.77. The molecular weight excluding hydrogens is 228 g/mol. The van der Waals surface area contributed by atoms with Gasteiger partial charge in [0.2, 0.25) is 0 Å². The highest BCUT2D eigenvalue weighted by Crippen LogP contribution is 2.55. The number of ether oxygens (including phenoxy) is 1. The van der Waals surface area contributed by atoms with E-state index < -0.39 is 6.10 Å². The van der Waals surface area contributed by atoms with Crippen LogP contribution in [0.3, 0.4) is 0 Å². The van der Waals surface area contributed by atoms with Crippen LogP contribution in [0.15, 0.2) is 12.1 Å². The first-order valence-electron chi connectivity index (χ1n) is 5.26. The fourth-order valence-corrected chi connectivity index (χ4v) is 2.36. The van der Waals surface area contributed by atoms with Crippen molar-refractivity contribution < 1.29 is 14.9 Å². The Balaban J connectivity index is 2.53. The number of halogens is 1. The lowest BCUT2D eigenvalue weighted by Gasteiger charge is -2.21. The highest BCUT2D eigenvalue weighted by atomic mass is 35.5. The molecule has 2 rings (SSSR count). The maximum atomic E-state index is 10.0. The first-order valence-corrected chi connectivity index (χ1v) is 5.64. The minimum absolute atomic E-state index is 0.0882. The first-order chi connectivity index (χ1) is 7.51. The van der Waals surface area contributed by atoms with Gasteiger partial charge in [0.25, 0.3) is 0 Å². The summed E-state index contributed by atoms with van der Waals surface area (Å²) < 4.78 is 5.05. The molecule has 88 valence electrons. The van der Waals surface area contributed by atoms with Crippen LogP contribution in [0.4, 0.5) is 0 Å². The molecule has 1 fully saturated rings. The van der Waals surface area contributed by atoms with Crippen molar-refractivity contribution in [2.24, 2.45) is 0 Å². The van der Waals surface area contributed by atoms with Crippen molar-refractivity contribution in [2.45, 2.75) is 31.3 Å². The lowest BCUT2D eigenvalue weighted by molar-refractivity contribution is 0.149. The standard InChI is InChI=1S/C12H15ClO3/c1-7(14)12(3-4-12)9-5-8(13)6-10(16-2)11(9)15/h5-7,14-15H,3-4H2,1-2H3. The van der Waals surface area contributed by atoms with Crippen molar-refractivity contribution in [2.75, 3.05) is 7.11 Å². The molecule has 0 radical (unpaired) electrons. The van der Waals surface area contributed by atoms with Crippen molar-refractivity contribution in [1.82, 2.24) is 0 Å². The van der Waals surface area contributed by atoms with Gasteiger partial charge in [0.1, 0.15) is 0 Å². The molecule has 0 spiro atoms. The summed E-state index contributed by atoms with van der Waals surface area (Å²) in [6, 6.07) is 3.28. The number of aromatic hydroxyl groups is 1. The Labute approximate surface area is 99.6 Å². The van der Waals surface area contributed by atoms with E-state index in [1.54, 1.807) is 19.1 Å². The fraction of sp³-hybridized carbons (Fsp3) is 0.500. The van der Waals surface area contributed by atoms with E-state index in [0.717, 1.165) is 12.8 Å². The molecule has 1 unspecified atom stereocenters. The zero-order valence-corrected chi connectivity index (χ0v) is 10.1. The normalized spacial score (nSPS) is 19.2. The second kappa shape index (κ2) is 3.82. The average molecular weight is 243 g/mol. The third-order valence-electron chi connectivity index (χ3n) is 3.38. The number of benzene rings is 1. The van der Waals surface area contributed by atoms with E-state index in [4.69, 9.17) is 16.3 Å². The van der Waals surface area contributed by atoms with E-state index in [-0.39, 0.29) is 11.2 Å². The van der Waals surface area contributed by atoms with Crippen LogP contribution in [0, 0.1) is 0 Å². The topological polar surface area (TPSA) is 49.7 Å². The largest absolute Gasteiger partial charge is 0.504 e. The molecule has 0 aromatic heterocycles. The summed E-state index contributed by atoms with van der Waals surface area (Å²) in [4.78, 5) is 0. The molecular formula is C12H15ClO3. The molecule has 0 amide bonds. The predicted octanol–water partition coefficient (Wildman–Crippen LogP) is 2.47. The molecule has 1 saturated carbocycles. The zero-order valence-electron chi connectivity index (χ0n) is 9.33. The lowest BCUT2D eigenvalue weighted by atomic mass is 9.90. The average Bonchev–Trinajstić information content (AvgIpc) is 3.02. The molecule has 0 heterocycles. The molecule has 4 heteroatoms. The van der Waals surface area contributed by atoms with Crippen LogP contribution in [-0.4, -0.2) is 23.4 Å². The highest BCUT2D eigenvalue weighted by molar-refractivity contribution is 6.30. The number of phenolic OH excluding ortho intramolecular Hbond substituents is 1. The molecule has 1 atom stereocenters. The van der Waals surface area contributed by atoms with Gasteiger partial charge in [-0.15, -0.1) is 0 Å². The lowest BCUT2D eigenvalue weighted by Crippen LogP contribution is -2.22. The van der Waals surface area contributed by atoms with Crippen LogP contribution in [0.5, 0.6) is 11.5 Å². The summed E-state index contributed by atoms with van der Waals surface area (Å²) in [5.74, 6) is 0.444. The smallest absolute Gasteiger partial charge is 0.162 e. The zero-order chi connectivity index (χ0) is 11.9. The van der Waals surface area contributed by atoms with Gasteiger partial charge in [0.15, 0.2) is 11.5 Å². The van der Waals surface area contributed by atoms with Gasteiger partial charge >= 0.3 is 0 Å². The molecule has 1 aromatic carbocycles. The maximum Gasteiger partial charge on any atom is 0.162 e. The third kappa shape index (κ3) is 1.64. The van der Waals surface area contributed by atoms with Crippen molar-refractivity contribution >= 4 is 11.6 Å². The van der Waals surface area contributed by atoms with Crippen molar-refractivity contribution in [3.63, 3.8) is 0 Å². The Morgan fingerprint density at radius 2 is 2.06 bits per heavy atom. The summed E-state index contributed by atoms with van der Waals surface area (Å²) in [6.07, 6.45) is 1.23. The Hall–Kier alpha value is -0.930. The molecule has 3 nitrogen and oxygen atoms in total. The van der Waals surface area contributed by atoms with Gasteiger partial charge in [-0.25, -0.2) is 0 Å². The fourth-order valence-electron chi connectivity index (χ4n) is 2.16. The molecule has 2 N–H and O–H groups in total. The first kappa shape index (κ1) is 11.6. The monoisotopic (exact) mass is 242 g/mol. The molecule has 0 bridgehead atoms. The number of phenols is 1.